The number of nitrogens with zero attached hydrogens (tertiary/aromatic N) is 2. The summed E-state index contributed by atoms with van der Waals surface area (Å²) < 4.78 is 4.93. The van der Waals surface area contributed by atoms with Crippen LogP contribution >= 0.6 is 0 Å². The molecule has 0 atom stereocenters. The predicted octanol–water partition coefficient (Wildman–Crippen LogP) is 3.29. The average molecular weight is 367 g/mol. The fraction of sp³-hybridized carbons (Fsp3) is 0.333. The Morgan fingerprint density at radius 3 is 2.52 bits per heavy atom. The number of cyclic esters (lactones) is 1. The molecular weight excluding hydrogens is 342 g/mol. The van der Waals surface area contributed by atoms with Crippen LogP contribution in [0.15, 0.2) is 54.6 Å². The second kappa shape index (κ2) is 9.07. The van der Waals surface area contributed by atoms with E-state index < -0.39 is 0 Å². The number of para-hydroxylation sites is 1. The smallest absolute Gasteiger partial charge is 0.414 e. The van der Waals surface area contributed by atoms with Gasteiger partial charge in [0.05, 0.1) is 6.54 Å². The third-order valence-electron chi connectivity index (χ3n) is 4.60. The van der Waals surface area contributed by atoms with Gasteiger partial charge in [-0.1, -0.05) is 18.2 Å². The van der Waals surface area contributed by atoms with Gasteiger partial charge in [-0.2, -0.15) is 0 Å². The highest BCUT2D eigenvalue weighted by Crippen LogP contribution is 2.19. The molecule has 0 saturated carbocycles. The van der Waals surface area contributed by atoms with Crippen molar-refractivity contribution in [2.75, 3.05) is 42.6 Å². The Morgan fingerprint density at radius 2 is 1.89 bits per heavy atom. The molecule has 0 bridgehead atoms. The summed E-state index contributed by atoms with van der Waals surface area (Å²) in [6.45, 7) is 5.50. The highest BCUT2D eigenvalue weighted by atomic mass is 16.6. The van der Waals surface area contributed by atoms with Gasteiger partial charge in [-0.05, 0) is 49.7 Å². The lowest BCUT2D eigenvalue weighted by Gasteiger charge is -2.23. The molecule has 1 aliphatic heterocycles. The van der Waals surface area contributed by atoms with Crippen LogP contribution in [0.25, 0.3) is 0 Å². The second-order valence-corrected chi connectivity index (χ2v) is 6.34. The van der Waals surface area contributed by atoms with Crippen molar-refractivity contribution in [3.8, 4) is 0 Å². The maximum atomic E-state index is 12.3. The molecule has 0 radical (unpaired) electrons. The van der Waals surface area contributed by atoms with Crippen LogP contribution in [0.1, 0.15) is 23.7 Å². The molecule has 1 fully saturated rings. The molecule has 1 aliphatic rings. The van der Waals surface area contributed by atoms with E-state index >= 15 is 0 Å². The molecule has 2 amide bonds. The first kappa shape index (κ1) is 18.8. The number of hydrogen-bond donors (Lipinski definition) is 1. The normalized spacial score (nSPS) is 13.4. The van der Waals surface area contributed by atoms with Crippen molar-refractivity contribution < 1.29 is 14.3 Å². The lowest BCUT2D eigenvalue weighted by atomic mass is 10.2. The second-order valence-electron chi connectivity index (χ2n) is 6.34. The summed E-state index contributed by atoms with van der Waals surface area (Å²) in [6.07, 6.45) is 0.526. The van der Waals surface area contributed by atoms with Gasteiger partial charge in [0.1, 0.15) is 6.61 Å². The quantitative estimate of drug-likeness (QED) is 0.728. The molecule has 3 rings (SSSR count). The monoisotopic (exact) mass is 367 g/mol. The summed E-state index contributed by atoms with van der Waals surface area (Å²) in [7, 11) is 0. The molecule has 1 saturated heterocycles. The molecule has 0 spiro atoms. The molecule has 0 unspecified atom stereocenters. The van der Waals surface area contributed by atoms with Gasteiger partial charge in [-0.25, -0.2) is 4.79 Å². The fourth-order valence-electron chi connectivity index (χ4n) is 3.10. The molecule has 1 heterocycles. The van der Waals surface area contributed by atoms with E-state index in [0.29, 0.717) is 25.3 Å². The lowest BCUT2D eigenvalue weighted by molar-refractivity contribution is 0.0953. The van der Waals surface area contributed by atoms with Gasteiger partial charge >= 0.3 is 6.09 Å². The summed E-state index contributed by atoms with van der Waals surface area (Å²) in [5.41, 5.74) is 2.53. The zero-order valence-corrected chi connectivity index (χ0v) is 15.6. The van der Waals surface area contributed by atoms with Crippen LogP contribution in [0, 0.1) is 0 Å². The largest absolute Gasteiger partial charge is 0.447 e. The van der Waals surface area contributed by atoms with Crippen LogP contribution in [0.3, 0.4) is 0 Å². The molecule has 142 valence electrons. The Morgan fingerprint density at radius 1 is 1.15 bits per heavy atom. The summed E-state index contributed by atoms with van der Waals surface area (Å²) in [6, 6.07) is 17.3. The van der Waals surface area contributed by atoms with Crippen molar-refractivity contribution in [1.82, 2.24) is 5.32 Å². The van der Waals surface area contributed by atoms with E-state index in [2.05, 4.69) is 29.3 Å². The van der Waals surface area contributed by atoms with Crippen molar-refractivity contribution in [2.24, 2.45) is 0 Å². The van der Waals surface area contributed by atoms with Crippen LogP contribution in [-0.2, 0) is 4.74 Å². The van der Waals surface area contributed by atoms with Gasteiger partial charge in [0.15, 0.2) is 0 Å². The molecular formula is C21H25N3O3. The minimum absolute atomic E-state index is 0.103. The summed E-state index contributed by atoms with van der Waals surface area (Å²) >= 11 is 0. The standard InChI is InChI=1S/C21H25N3O3/c1-2-23(18-7-4-3-5-8-18)14-6-13-22-20(25)17-9-11-19(12-10-17)24-15-16-27-21(24)26/h3-5,7-12H,2,6,13-16H2,1H3,(H,22,25). The molecule has 1 N–H and O–H groups in total. The number of amides is 2. The molecule has 6 heteroatoms. The summed E-state index contributed by atoms with van der Waals surface area (Å²) in [4.78, 5) is 27.7. The first-order valence-electron chi connectivity index (χ1n) is 9.31. The zero-order valence-electron chi connectivity index (χ0n) is 15.6. The van der Waals surface area contributed by atoms with Crippen molar-refractivity contribution in [3.05, 3.63) is 60.2 Å². The van der Waals surface area contributed by atoms with E-state index in [1.807, 2.05) is 18.2 Å². The van der Waals surface area contributed by atoms with Crippen molar-refractivity contribution in [1.29, 1.82) is 0 Å². The number of ether oxygens (including phenoxy) is 1. The summed E-state index contributed by atoms with van der Waals surface area (Å²) in [5, 5.41) is 2.96. The zero-order chi connectivity index (χ0) is 19.1. The Kier molecular flexibility index (Phi) is 6.30. The Labute approximate surface area is 159 Å². The van der Waals surface area contributed by atoms with Crippen molar-refractivity contribution in [3.63, 3.8) is 0 Å². The van der Waals surface area contributed by atoms with Crippen LogP contribution in [0.2, 0.25) is 0 Å². The highest BCUT2D eigenvalue weighted by molar-refractivity contribution is 5.95. The topological polar surface area (TPSA) is 61.9 Å². The van der Waals surface area contributed by atoms with Crippen LogP contribution in [0.5, 0.6) is 0 Å². The van der Waals surface area contributed by atoms with Crippen LogP contribution in [-0.4, -0.2) is 44.8 Å². The average Bonchev–Trinajstić information content (AvgIpc) is 3.14. The number of carbonyl (C=O) groups is 2. The molecule has 0 aromatic heterocycles. The number of carbonyl (C=O) groups excluding carboxylic acids is 2. The number of hydrogen-bond acceptors (Lipinski definition) is 4. The van der Waals surface area contributed by atoms with E-state index in [1.54, 1.807) is 29.2 Å². The van der Waals surface area contributed by atoms with Gasteiger partial charge in [0, 0.05) is 36.6 Å². The Hall–Kier alpha value is -3.02. The van der Waals surface area contributed by atoms with Gasteiger partial charge in [-0.15, -0.1) is 0 Å². The minimum Gasteiger partial charge on any atom is -0.447 e. The van der Waals surface area contributed by atoms with Gasteiger partial charge in [-0.3, -0.25) is 9.69 Å². The number of anilines is 2. The SMILES string of the molecule is CCN(CCCNC(=O)c1ccc(N2CCOC2=O)cc1)c1ccccc1. The third-order valence-corrected chi connectivity index (χ3v) is 4.60. The number of rotatable bonds is 8. The van der Waals surface area contributed by atoms with E-state index in [1.165, 1.54) is 5.69 Å². The van der Waals surface area contributed by atoms with Crippen molar-refractivity contribution >= 4 is 23.4 Å². The minimum atomic E-state index is -0.342. The first-order valence-corrected chi connectivity index (χ1v) is 9.31. The number of nitrogens with one attached hydrogen (secondary N) is 1. The third kappa shape index (κ3) is 4.78. The predicted molar refractivity (Wildman–Crippen MR) is 106 cm³/mol. The first-order chi connectivity index (χ1) is 13.2. The molecule has 27 heavy (non-hydrogen) atoms. The van der Waals surface area contributed by atoms with Gasteiger partial charge < -0.3 is 15.0 Å². The molecule has 2 aromatic rings. The highest BCUT2D eigenvalue weighted by Gasteiger charge is 2.23. The number of benzene rings is 2. The van der Waals surface area contributed by atoms with Crippen molar-refractivity contribution in [2.45, 2.75) is 13.3 Å². The van der Waals surface area contributed by atoms with E-state index in [0.717, 1.165) is 25.2 Å². The molecule has 0 aliphatic carbocycles. The molecule has 6 nitrogen and oxygen atoms in total. The maximum Gasteiger partial charge on any atom is 0.414 e. The van der Waals surface area contributed by atoms with Gasteiger partial charge in [0.2, 0.25) is 0 Å². The summed E-state index contributed by atoms with van der Waals surface area (Å²) in [5.74, 6) is -0.103. The fourth-order valence-corrected chi connectivity index (χ4v) is 3.10. The maximum absolute atomic E-state index is 12.3. The molecule has 2 aromatic carbocycles. The Balaban J connectivity index is 1.46. The lowest BCUT2D eigenvalue weighted by Crippen LogP contribution is -2.30. The van der Waals surface area contributed by atoms with E-state index in [4.69, 9.17) is 4.74 Å². The van der Waals surface area contributed by atoms with Crippen LogP contribution in [0.4, 0.5) is 16.2 Å². The van der Waals surface area contributed by atoms with E-state index in [9.17, 15) is 9.59 Å². The van der Waals surface area contributed by atoms with Gasteiger partial charge in [0.25, 0.3) is 5.91 Å². The van der Waals surface area contributed by atoms with Crippen LogP contribution < -0.4 is 15.1 Å². The Bertz CT molecular complexity index is 762. The van der Waals surface area contributed by atoms with E-state index in [-0.39, 0.29) is 12.0 Å².